The molecule has 0 aromatic rings. The first-order chi connectivity index (χ1) is 5.66. The maximum absolute atomic E-state index is 2.52. The summed E-state index contributed by atoms with van der Waals surface area (Å²) in [7, 11) is 0. The second kappa shape index (κ2) is 1.99. The van der Waals surface area contributed by atoms with Crippen molar-refractivity contribution < 1.29 is 0 Å². The van der Waals surface area contributed by atoms with Gasteiger partial charge in [-0.2, -0.15) is 0 Å². The highest BCUT2D eigenvalue weighted by Crippen LogP contribution is 2.83. The molecule has 0 radical (unpaired) electrons. The third kappa shape index (κ3) is 0.750. The van der Waals surface area contributed by atoms with Crippen molar-refractivity contribution in [3.05, 3.63) is 0 Å². The molecule has 2 rings (SSSR count). The number of rotatable bonds is 0. The fourth-order valence-corrected chi connectivity index (χ4v) is 4.38. The van der Waals surface area contributed by atoms with Crippen LogP contribution in [0.15, 0.2) is 0 Å². The van der Waals surface area contributed by atoms with E-state index >= 15 is 0 Å². The summed E-state index contributed by atoms with van der Waals surface area (Å²) in [5.41, 5.74) is 2.41. The molecular formula is C13H24. The Morgan fingerprint density at radius 3 is 1.54 bits per heavy atom. The molecule has 2 aliphatic rings. The van der Waals surface area contributed by atoms with Crippen LogP contribution in [0.2, 0.25) is 0 Å². The fourth-order valence-electron chi connectivity index (χ4n) is 4.38. The van der Waals surface area contributed by atoms with Gasteiger partial charge in [0.2, 0.25) is 0 Å². The normalized spacial score (nSPS) is 47.5. The first-order valence-electron chi connectivity index (χ1n) is 5.66. The van der Waals surface area contributed by atoms with Crippen LogP contribution in [0.3, 0.4) is 0 Å². The summed E-state index contributed by atoms with van der Waals surface area (Å²) in [6.45, 7) is 14.7. The van der Waals surface area contributed by atoms with Gasteiger partial charge in [0.05, 0.1) is 0 Å². The molecule has 0 heterocycles. The van der Waals surface area contributed by atoms with Crippen molar-refractivity contribution in [3.63, 3.8) is 0 Å². The van der Waals surface area contributed by atoms with Gasteiger partial charge in [-0.3, -0.25) is 0 Å². The molecule has 2 unspecified atom stereocenters. The zero-order valence-electron chi connectivity index (χ0n) is 10.1. The largest absolute Gasteiger partial charge is 0.0596 e. The second-order valence-electron chi connectivity index (χ2n) is 7.22. The van der Waals surface area contributed by atoms with E-state index in [4.69, 9.17) is 0 Å². The third-order valence-electron chi connectivity index (χ3n) is 5.78. The molecule has 2 aliphatic carbocycles. The predicted molar refractivity (Wildman–Crippen MR) is 57.6 cm³/mol. The summed E-state index contributed by atoms with van der Waals surface area (Å²) < 4.78 is 0. The zero-order valence-corrected chi connectivity index (χ0v) is 10.1. The Labute approximate surface area is 83.1 Å². The fraction of sp³-hybridized carbons (Fsp3) is 1.00. The molecule has 0 nitrogen and oxygen atoms in total. The van der Waals surface area contributed by atoms with Crippen molar-refractivity contribution in [1.82, 2.24) is 0 Å². The molecule has 2 saturated carbocycles. The first kappa shape index (κ1) is 9.55. The lowest BCUT2D eigenvalue weighted by Crippen LogP contribution is -2.72. The highest BCUT2D eigenvalue weighted by atomic mass is 14.8. The Morgan fingerprint density at radius 2 is 1.46 bits per heavy atom. The van der Waals surface area contributed by atoms with E-state index in [1.807, 2.05) is 0 Å². The van der Waals surface area contributed by atoms with Crippen LogP contribution in [0.4, 0.5) is 0 Å². The lowest BCUT2D eigenvalue weighted by molar-refractivity contribution is -0.313. The van der Waals surface area contributed by atoms with E-state index in [0.717, 1.165) is 0 Å². The molecule has 0 heteroatoms. The molecule has 2 fully saturated rings. The summed E-state index contributed by atoms with van der Waals surface area (Å²) >= 11 is 0. The van der Waals surface area contributed by atoms with Gasteiger partial charge in [-0.15, -0.1) is 0 Å². The first-order valence-corrected chi connectivity index (χ1v) is 5.66. The molecule has 13 heavy (non-hydrogen) atoms. The maximum atomic E-state index is 2.52. The number of fused-ring (bicyclic) bond motifs is 1. The molecule has 76 valence electrons. The molecule has 0 N–H and O–H groups in total. The molecule has 0 amide bonds. The minimum absolute atomic E-state index is 0.509. The van der Waals surface area contributed by atoms with E-state index in [0.29, 0.717) is 21.7 Å². The lowest BCUT2D eigenvalue weighted by atomic mass is 9.24. The minimum Gasteiger partial charge on any atom is -0.0596 e. The average Bonchev–Trinajstić information content (AvgIpc) is 1.94. The standard InChI is InChI=1S/C13H24/c1-10(2,3)13-8-7-12(13,6)11(4,5)9-13/h7-9H2,1-6H3. The van der Waals surface area contributed by atoms with E-state index in [-0.39, 0.29) is 0 Å². The quantitative estimate of drug-likeness (QED) is 0.523. The summed E-state index contributed by atoms with van der Waals surface area (Å²) in [5.74, 6) is 0. The number of hydrogen-bond donors (Lipinski definition) is 0. The van der Waals surface area contributed by atoms with Crippen molar-refractivity contribution in [2.75, 3.05) is 0 Å². The Hall–Kier alpha value is 0. The van der Waals surface area contributed by atoms with Crippen molar-refractivity contribution >= 4 is 0 Å². The minimum atomic E-state index is 0.509. The molecular weight excluding hydrogens is 156 g/mol. The van der Waals surface area contributed by atoms with Gasteiger partial charge >= 0.3 is 0 Å². The summed E-state index contributed by atoms with van der Waals surface area (Å²) in [5, 5.41) is 0. The summed E-state index contributed by atoms with van der Waals surface area (Å²) in [6.07, 6.45) is 4.37. The van der Waals surface area contributed by atoms with Crippen LogP contribution in [0.1, 0.15) is 60.8 Å². The summed E-state index contributed by atoms with van der Waals surface area (Å²) in [4.78, 5) is 0. The van der Waals surface area contributed by atoms with Gasteiger partial charge in [0.25, 0.3) is 0 Å². The van der Waals surface area contributed by atoms with Crippen LogP contribution in [0.5, 0.6) is 0 Å². The third-order valence-corrected chi connectivity index (χ3v) is 5.78. The van der Waals surface area contributed by atoms with Crippen LogP contribution >= 0.6 is 0 Å². The van der Waals surface area contributed by atoms with E-state index in [1.165, 1.54) is 19.3 Å². The van der Waals surface area contributed by atoms with Gasteiger partial charge in [-0.05, 0) is 40.9 Å². The molecule has 0 aromatic carbocycles. The molecule has 2 atom stereocenters. The number of hydrogen-bond acceptors (Lipinski definition) is 0. The predicted octanol–water partition coefficient (Wildman–Crippen LogP) is 4.25. The lowest BCUT2D eigenvalue weighted by Gasteiger charge is -2.80. The van der Waals surface area contributed by atoms with Gasteiger partial charge in [0.1, 0.15) is 0 Å². The monoisotopic (exact) mass is 180 g/mol. The Balaban J connectivity index is 2.33. The van der Waals surface area contributed by atoms with Crippen LogP contribution < -0.4 is 0 Å². The van der Waals surface area contributed by atoms with Crippen LogP contribution in [0.25, 0.3) is 0 Å². The highest BCUT2D eigenvalue weighted by Gasteiger charge is 2.75. The van der Waals surface area contributed by atoms with Crippen LogP contribution in [0, 0.1) is 21.7 Å². The van der Waals surface area contributed by atoms with Crippen molar-refractivity contribution in [1.29, 1.82) is 0 Å². The van der Waals surface area contributed by atoms with E-state index < -0.39 is 0 Å². The Kier molecular flexibility index (Phi) is 1.46. The van der Waals surface area contributed by atoms with Crippen LogP contribution in [-0.4, -0.2) is 0 Å². The van der Waals surface area contributed by atoms with Gasteiger partial charge in [-0.1, -0.05) is 41.5 Å². The molecule has 0 spiro atoms. The van der Waals surface area contributed by atoms with Gasteiger partial charge in [-0.25, -0.2) is 0 Å². The second-order valence-corrected chi connectivity index (χ2v) is 7.22. The van der Waals surface area contributed by atoms with E-state index in [9.17, 15) is 0 Å². The van der Waals surface area contributed by atoms with Crippen molar-refractivity contribution in [2.24, 2.45) is 21.7 Å². The van der Waals surface area contributed by atoms with Crippen molar-refractivity contribution in [3.8, 4) is 0 Å². The average molecular weight is 180 g/mol. The Bertz CT molecular complexity index is 243. The zero-order chi connectivity index (χ0) is 10.1. The molecule has 0 aliphatic heterocycles. The maximum Gasteiger partial charge on any atom is -0.0184 e. The van der Waals surface area contributed by atoms with Crippen molar-refractivity contribution in [2.45, 2.75) is 60.8 Å². The van der Waals surface area contributed by atoms with Gasteiger partial charge in [0, 0.05) is 0 Å². The van der Waals surface area contributed by atoms with E-state index in [2.05, 4.69) is 41.5 Å². The molecule has 0 bridgehead atoms. The highest BCUT2D eigenvalue weighted by molar-refractivity contribution is 5.23. The Morgan fingerprint density at radius 1 is 0.923 bits per heavy atom. The molecule has 0 aromatic heterocycles. The molecule has 0 saturated heterocycles. The topological polar surface area (TPSA) is 0 Å². The summed E-state index contributed by atoms with van der Waals surface area (Å²) in [6, 6.07) is 0. The van der Waals surface area contributed by atoms with Gasteiger partial charge in [0.15, 0.2) is 0 Å². The SMILES string of the molecule is CC(C)(C)C12CCC1(C)C(C)(C)C2. The smallest absolute Gasteiger partial charge is 0.0184 e. The van der Waals surface area contributed by atoms with E-state index in [1.54, 1.807) is 0 Å². The van der Waals surface area contributed by atoms with Gasteiger partial charge < -0.3 is 0 Å². The van der Waals surface area contributed by atoms with Crippen LogP contribution in [-0.2, 0) is 0 Å².